The number of nitrogens with zero attached hydrogens (tertiary/aromatic N) is 3. The van der Waals surface area contributed by atoms with Crippen LogP contribution in [0.3, 0.4) is 0 Å². The van der Waals surface area contributed by atoms with Crippen LogP contribution in [0.5, 0.6) is 5.75 Å². The van der Waals surface area contributed by atoms with Crippen LogP contribution in [0, 0.1) is 10.1 Å². The molecular formula is C24H22ClN3O4. The summed E-state index contributed by atoms with van der Waals surface area (Å²) in [5.74, 6) is 0.634. The molecular weight excluding hydrogens is 430 g/mol. The van der Waals surface area contributed by atoms with Gasteiger partial charge in [-0.1, -0.05) is 41.9 Å². The van der Waals surface area contributed by atoms with Gasteiger partial charge in [0.25, 0.3) is 11.6 Å². The molecule has 7 nitrogen and oxygen atoms in total. The number of hydrogen-bond donors (Lipinski definition) is 0. The fourth-order valence-electron chi connectivity index (χ4n) is 3.68. The first-order chi connectivity index (χ1) is 15.5. The second kappa shape index (κ2) is 9.70. The lowest BCUT2D eigenvalue weighted by molar-refractivity contribution is -0.384. The molecule has 1 aliphatic rings. The number of ether oxygens (including phenoxy) is 1. The van der Waals surface area contributed by atoms with E-state index in [9.17, 15) is 14.9 Å². The Hall–Kier alpha value is -3.58. The van der Waals surface area contributed by atoms with Crippen LogP contribution in [-0.2, 0) is 6.61 Å². The highest BCUT2D eigenvalue weighted by Crippen LogP contribution is 2.31. The summed E-state index contributed by atoms with van der Waals surface area (Å²) in [5, 5.41) is 11.7. The summed E-state index contributed by atoms with van der Waals surface area (Å²) < 4.78 is 5.78. The van der Waals surface area contributed by atoms with Crippen molar-refractivity contribution in [2.24, 2.45) is 0 Å². The quantitative estimate of drug-likeness (QED) is 0.398. The van der Waals surface area contributed by atoms with E-state index in [1.165, 1.54) is 6.07 Å². The molecule has 1 saturated heterocycles. The molecule has 0 atom stereocenters. The van der Waals surface area contributed by atoms with E-state index < -0.39 is 4.92 Å². The molecule has 3 aromatic rings. The molecule has 32 heavy (non-hydrogen) atoms. The monoisotopic (exact) mass is 451 g/mol. The Morgan fingerprint density at radius 2 is 1.66 bits per heavy atom. The van der Waals surface area contributed by atoms with E-state index in [4.69, 9.17) is 16.3 Å². The fourth-order valence-corrected chi connectivity index (χ4v) is 3.84. The van der Waals surface area contributed by atoms with Gasteiger partial charge in [-0.2, -0.15) is 0 Å². The van der Waals surface area contributed by atoms with Crippen LogP contribution >= 0.6 is 11.6 Å². The Balaban J connectivity index is 1.35. The summed E-state index contributed by atoms with van der Waals surface area (Å²) in [5.41, 5.74) is 2.16. The minimum atomic E-state index is -0.430. The molecule has 0 aliphatic carbocycles. The molecule has 0 radical (unpaired) electrons. The number of benzene rings is 3. The maximum atomic E-state index is 12.9. The van der Waals surface area contributed by atoms with Crippen LogP contribution in [0.2, 0.25) is 5.02 Å². The second-order valence-electron chi connectivity index (χ2n) is 7.47. The Bertz CT molecular complexity index is 1100. The van der Waals surface area contributed by atoms with Crippen molar-refractivity contribution in [1.82, 2.24) is 4.90 Å². The molecule has 164 valence electrons. The molecule has 0 unspecified atom stereocenters. The minimum absolute atomic E-state index is 0.0247. The van der Waals surface area contributed by atoms with Crippen LogP contribution in [-0.4, -0.2) is 41.9 Å². The predicted molar refractivity (Wildman–Crippen MR) is 123 cm³/mol. The lowest BCUT2D eigenvalue weighted by Gasteiger charge is -2.35. The number of piperazine rings is 1. The largest absolute Gasteiger partial charge is 0.489 e. The average molecular weight is 452 g/mol. The van der Waals surface area contributed by atoms with Crippen molar-refractivity contribution in [3.63, 3.8) is 0 Å². The second-order valence-corrected chi connectivity index (χ2v) is 7.90. The zero-order valence-electron chi connectivity index (χ0n) is 17.3. The Morgan fingerprint density at radius 3 is 2.31 bits per heavy atom. The number of nitro benzene ring substituents is 1. The fraction of sp³-hybridized carbons (Fsp3) is 0.208. The van der Waals surface area contributed by atoms with E-state index in [1.807, 2.05) is 35.2 Å². The van der Waals surface area contributed by atoms with Gasteiger partial charge < -0.3 is 14.5 Å². The zero-order chi connectivity index (χ0) is 22.5. The van der Waals surface area contributed by atoms with Crippen molar-refractivity contribution >= 4 is 28.9 Å². The summed E-state index contributed by atoms with van der Waals surface area (Å²) in [6.45, 7) is 2.43. The van der Waals surface area contributed by atoms with E-state index >= 15 is 0 Å². The van der Waals surface area contributed by atoms with Gasteiger partial charge in [-0.25, -0.2) is 0 Å². The molecule has 0 spiro atoms. The third kappa shape index (κ3) is 5.00. The van der Waals surface area contributed by atoms with Crippen LogP contribution in [0.4, 0.5) is 11.4 Å². The lowest BCUT2D eigenvalue weighted by Crippen LogP contribution is -2.48. The molecule has 1 amide bonds. The maximum absolute atomic E-state index is 12.9. The van der Waals surface area contributed by atoms with Gasteiger partial charge in [-0.3, -0.25) is 14.9 Å². The molecule has 8 heteroatoms. The van der Waals surface area contributed by atoms with Gasteiger partial charge in [0.05, 0.1) is 4.92 Å². The number of carbonyl (C=O) groups excluding carboxylic acids is 1. The van der Waals surface area contributed by atoms with Gasteiger partial charge in [-0.15, -0.1) is 0 Å². The Morgan fingerprint density at radius 1 is 0.969 bits per heavy atom. The van der Waals surface area contributed by atoms with Crippen molar-refractivity contribution in [3.05, 3.63) is 99.1 Å². The first-order valence-corrected chi connectivity index (χ1v) is 10.6. The summed E-state index contributed by atoms with van der Waals surface area (Å²) in [4.78, 5) is 27.5. The third-order valence-electron chi connectivity index (χ3n) is 5.39. The minimum Gasteiger partial charge on any atom is -0.489 e. The normalized spacial score (nSPS) is 13.7. The van der Waals surface area contributed by atoms with Crippen LogP contribution in [0.15, 0.2) is 72.8 Å². The molecule has 1 aliphatic heterocycles. The Kier molecular flexibility index (Phi) is 6.56. The van der Waals surface area contributed by atoms with Crippen molar-refractivity contribution in [2.75, 3.05) is 31.1 Å². The van der Waals surface area contributed by atoms with Crippen molar-refractivity contribution in [3.8, 4) is 5.75 Å². The van der Waals surface area contributed by atoms with Crippen LogP contribution in [0.1, 0.15) is 15.9 Å². The van der Waals surface area contributed by atoms with Gasteiger partial charge in [-0.05, 0) is 42.0 Å². The van der Waals surface area contributed by atoms with Gasteiger partial charge in [0.2, 0.25) is 0 Å². The summed E-state index contributed by atoms with van der Waals surface area (Å²) in [6.07, 6.45) is 0. The van der Waals surface area contributed by atoms with E-state index in [0.29, 0.717) is 54.8 Å². The number of carbonyl (C=O) groups is 1. The standard InChI is InChI=1S/C24H22ClN3O4/c25-20-8-11-22(23(16-20)28(30)31)26-12-14-27(15-13-26)24(29)19-6-9-21(10-7-19)32-17-18-4-2-1-3-5-18/h1-11,16H,12-15,17H2. The summed E-state index contributed by atoms with van der Waals surface area (Å²) in [6, 6.07) is 21.7. The van der Waals surface area contributed by atoms with Crippen molar-refractivity contribution < 1.29 is 14.5 Å². The number of anilines is 1. The summed E-state index contributed by atoms with van der Waals surface area (Å²) >= 11 is 5.91. The van der Waals surface area contributed by atoms with Crippen LogP contribution in [0.25, 0.3) is 0 Å². The molecule has 0 saturated carbocycles. The maximum Gasteiger partial charge on any atom is 0.294 e. The number of halogens is 1. The van der Waals surface area contributed by atoms with Gasteiger partial charge >= 0.3 is 0 Å². The van der Waals surface area contributed by atoms with Gasteiger partial charge in [0.15, 0.2) is 0 Å². The van der Waals surface area contributed by atoms with Crippen molar-refractivity contribution in [1.29, 1.82) is 0 Å². The molecule has 4 rings (SSSR count). The third-order valence-corrected chi connectivity index (χ3v) is 5.63. The predicted octanol–water partition coefficient (Wildman–Crippen LogP) is 4.79. The molecule has 1 fully saturated rings. The SMILES string of the molecule is O=C(c1ccc(OCc2ccccc2)cc1)N1CCN(c2ccc(Cl)cc2[N+](=O)[O-])CC1. The lowest BCUT2D eigenvalue weighted by atomic mass is 10.1. The van der Waals surface area contributed by atoms with Crippen molar-refractivity contribution in [2.45, 2.75) is 6.61 Å². The molecule has 0 N–H and O–H groups in total. The first-order valence-electron chi connectivity index (χ1n) is 10.3. The molecule has 0 aromatic heterocycles. The number of amides is 1. The highest BCUT2D eigenvalue weighted by Gasteiger charge is 2.26. The van der Waals surface area contributed by atoms with E-state index in [-0.39, 0.29) is 11.6 Å². The zero-order valence-corrected chi connectivity index (χ0v) is 18.1. The van der Waals surface area contributed by atoms with Gasteiger partial charge in [0.1, 0.15) is 18.0 Å². The highest BCUT2D eigenvalue weighted by molar-refractivity contribution is 6.30. The number of hydrogen-bond acceptors (Lipinski definition) is 5. The number of rotatable bonds is 6. The smallest absolute Gasteiger partial charge is 0.294 e. The van der Waals surface area contributed by atoms with E-state index in [2.05, 4.69) is 0 Å². The molecule has 0 bridgehead atoms. The number of nitro groups is 1. The topological polar surface area (TPSA) is 75.9 Å². The summed E-state index contributed by atoms with van der Waals surface area (Å²) in [7, 11) is 0. The first kappa shape index (κ1) is 21.6. The molecule has 1 heterocycles. The Labute approximate surface area is 190 Å². The average Bonchev–Trinajstić information content (AvgIpc) is 2.83. The van der Waals surface area contributed by atoms with E-state index in [1.54, 1.807) is 41.3 Å². The highest BCUT2D eigenvalue weighted by atomic mass is 35.5. The van der Waals surface area contributed by atoms with Crippen LogP contribution < -0.4 is 9.64 Å². The van der Waals surface area contributed by atoms with E-state index in [0.717, 1.165) is 5.56 Å². The molecule has 3 aromatic carbocycles. The van der Waals surface area contributed by atoms with Gasteiger partial charge in [0, 0.05) is 42.8 Å².